The zero-order chi connectivity index (χ0) is 44.9. The lowest BCUT2D eigenvalue weighted by atomic mass is 9.69. The molecule has 1 aliphatic carbocycles. The normalized spacial score (nSPS) is 14.7. The van der Waals surface area contributed by atoms with Gasteiger partial charge in [-0.05, 0) is 111 Å². The zero-order valence-corrected chi connectivity index (χ0v) is 39.8. The van der Waals surface area contributed by atoms with Gasteiger partial charge in [0.05, 0.1) is 17.1 Å². The maximum absolute atomic E-state index is 5.20. The van der Waals surface area contributed by atoms with E-state index in [2.05, 4.69) is 176 Å². The molecule has 4 aromatic carbocycles. The van der Waals surface area contributed by atoms with Crippen molar-refractivity contribution in [1.29, 1.82) is 0 Å². The first-order valence-corrected chi connectivity index (χ1v) is 24.2. The lowest BCUT2D eigenvalue weighted by molar-refractivity contribution is 0.509. The third kappa shape index (κ3) is 9.53. The van der Waals surface area contributed by atoms with Crippen LogP contribution in [0.1, 0.15) is 153 Å². The molecule has 1 unspecified atom stereocenters. The number of hydrogen-bond acceptors (Lipinski definition) is 4. The maximum atomic E-state index is 5.20. The molecule has 328 valence electrons. The molecule has 0 N–H and O–H groups in total. The summed E-state index contributed by atoms with van der Waals surface area (Å²) in [5.74, 6) is 0.668. The van der Waals surface area contributed by atoms with Gasteiger partial charge in [0.15, 0.2) is 5.82 Å². The summed E-state index contributed by atoms with van der Waals surface area (Å²) in [7, 11) is 0. The molecule has 1 atom stereocenters. The van der Waals surface area contributed by atoms with E-state index in [4.69, 9.17) is 15.0 Å². The Morgan fingerprint density at radius 1 is 0.469 bits per heavy atom. The van der Waals surface area contributed by atoms with E-state index in [1.165, 1.54) is 102 Å². The number of aromatic nitrogens is 4. The van der Waals surface area contributed by atoms with E-state index in [0.29, 0.717) is 5.82 Å². The SMILES string of the molecule is CCCCCCCC1(c2ccncc2)c2cc(CCCCCC)ccc2-c2ccc(-c3ccc(-c4nc(-c5ccc(C(C)(C)C)cc5)cc(-c5ccc(C(C)(C)C)cc5)n4)cn3)cc21. The van der Waals surface area contributed by atoms with Gasteiger partial charge in [0.1, 0.15) is 0 Å². The number of rotatable bonds is 16. The van der Waals surface area contributed by atoms with Gasteiger partial charge in [-0.25, -0.2) is 9.97 Å². The third-order valence-electron chi connectivity index (χ3n) is 13.6. The van der Waals surface area contributed by atoms with E-state index in [1.54, 1.807) is 0 Å². The van der Waals surface area contributed by atoms with Gasteiger partial charge in [-0.1, -0.05) is 186 Å². The van der Waals surface area contributed by atoms with Crippen LogP contribution in [0.3, 0.4) is 0 Å². The highest BCUT2D eigenvalue weighted by molar-refractivity contribution is 5.86. The molecule has 0 radical (unpaired) electrons. The molecule has 4 heteroatoms. The molecule has 0 aliphatic heterocycles. The van der Waals surface area contributed by atoms with Gasteiger partial charge in [0, 0.05) is 46.3 Å². The predicted octanol–water partition coefficient (Wildman–Crippen LogP) is 16.3. The molecular weight excluding hydrogens is 777 g/mol. The lowest BCUT2D eigenvalue weighted by Gasteiger charge is -2.33. The number of hydrogen-bond donors (Lipinski definition) is 0. The molecule has 0 bridgehead atoms. The molecule has 0 saturated heterocycles. The van der Waals surface area contributed by atoms with E-state index < -0.39 is 0 Å². The van der Waals surface area contributed by atoms with Crippen LogP contribution in [0.25, 0.3) is 56.3 Å². The molecule has 0 saturated carbocycles. The Morgan fingerprint density at radius 2 is 1.00 bits per heavy atom. The number of unbranched alkanes of at least 4 members (excludes halogenated alkanes) is 7. The number of aryl methyl sites for hydroxylation is 1. The minimum atomic E-state index is -0.268. The molecule has 0 fully saturated rings. The monoisotopic (exact) mass is 845 g/mol. The Balaban J connectivity index is 1.18. The molecule has 3 heterocycles. The summed E-state index contributed by atoms with van der Waals surface area (Å²) in [5.41, 5.74) is 17.7. The second-order valence-electron chi connectivity index (χ2n) is 20.3. The van der Waals surface area contributed by atoms with E-state index in [9.17, 15) is 0 Å². The van der Waals surface area contributed by atoms with Crippen molar-refractivity contribution in [2.75, 3.05) is 0 Å². The van der Waals surface area contributed by atoms with Gasteiger partial charge < -0.3 is 0 Å². The van der Waals surface area contributed by atoms with Gasteiger partial charge in [-0.3, -0.25) is 9.97 Å². The van der Waals surface area contributed by atoms with E-state index in [-0.39, 0.29) is 16.2 Å². The Labute approximate surface area is 384 Å². The van der Waals surface area contributed by atoms with Crippen molar-refractivity contribution in [2.45, 2.75) is 142 Å². The van der Waals surface area contributed by atoms with Crippen LogP contribution in [0.15, 0.2) is 134 Å². The summed E-state index contributed by atoms with van der Waals surface area (Å²) in [6.07, 6.45) is 19.4. The molecule has 4 nitrogen and oxygen atoms in total. The third-order valence-corrected chi connectivity index (χ3v) is 13.6. The van der Waals surface area contributed by atoms with E-state index >= 15 is 0 Å². The minimum absolute atomic E-state index is 0.0669. The molecule has 1 aliphatic rings. The van der Waals surface area contributed by atoms with Crippen LogP contribution in [-0.2, 0) is 22.7 Å². The first-order chi connectivity index (χ1) is 30.9. The summed E-state index contributed by atoms with van der Waals surface area (Å²) < 4.78 is 0. The molecule has 7 aromatic rings. The maximum Gasteiger partial charge on any atom is 0.161 e. The Morgan fingerprint density at radius 3 is 1.56 bits per heavy atom. The van der Waals surface area contributed by atoms with Gasteiger partial charge in [-0.15, -0.1) is 0 Å². The van der Waals surface area contributed by atoms with Gasteiger partial charge in [0.2, 0.25) is 0 Å². The number of pyridine rings is 2. The largest absolute Gasteiger partial charge is 0.265 e. The fourth-order valence-electron chi connectivity index (χ4n) is 9.73. The van der Waals surface area contributed by atoms with Crippen molar-refractivity contribution in [3.8, 4) is 56.3 Å². The van der Waals surface area contributed by atoms with Crippen LogP contribution >= 0.6 is 0 Å². The Hall–Kier alpha value is -5.74. The minimum Gasteiger partial charge on any atom is -0.265 e. The quantitative estimate of drug-likeness (QED) is 0.0909. The number of benzene rings is 4. The first-order valence-electron chi connectivity index (χ1n) is 24.2. The van der Waals surface area contributed by atoms with Crippen molar-refractivity contribution in [3.05, 3.63) is 167 Å². The van der Waals surface area contributed by atoms with Gasteiger partial charge in [0.25, 0.3) is 0 Å². The van der Waals surface area contributed by atoms with Crippen LogP contribution in [0.2, 0.25) is 0 Å². The molecule has 8 rings (SSSR count). The number of fused-ring (bicyclic) bond motifs is 3. The predicted molar refractivity (Wildman–Crippen MR) is 270 cm³/mol. The Kier molecular flexibility index (Phi) is 13.4. The summed E-state index contributed by atoms with van der Waals surface area (Å²) in [4.78, 5) is 20.1. The first kappa shape index (κ1) is 44.9. The molecular formula is C60H68N4. The van der Waals surface area contributed by atoms with Crippen LogP contribution in [0.5, 0.6) is 0 Å². The van der Waals surface area contributed by atoms with Crippen LogP contribution in [0, 0.1) is 0 Å². The van der Waals surface area contributed by atoms with Gasteiger partial charge >= 0.3 is 0 Å². The highest BCUT2D eigenvalue weighted by atomic mass is 14.9. The summed E-state index contributed by atoms with van der Waals surface area (Å²) in [5, 5.41) is 0. The highest BCUT2D eigenvalue weighted by Gasteiger charge is 2.44. The Bertz CT molecular complexity index is 2570. The molecule has 0 spiro atoms. The molecule has 3 aromatic heterocycles. The van der Waals surface area contributed by atoms with Crippen LogP contribution in [0.4, 0.5) is 0 Å². The van der Waals surface area contributed by atoms with Crippen molar-refractivity contribution in [1.82, 2.24) is 19.9 Å². The smallest absolute Gasteiger partial charge is 0.161 e. The second-order valence-corrected chi connectivity index (χ2v) is 20.3. The number of nitrogens with zero attached hydrogens (tertiary/aromatic N) is 4. The standard InChI is InChI=1S/C60H68N4/c1-9-11-13-15-17-35-60(49-33-36-61-37-34-49)52-38-42(18-16-14-12-10-2)19-30-50(52)51-31-24-45(39-53(51)60)54-32-25-46(41-62-54)57-63-55(43-20-26-47(27-21-43)58(3,4)5)40-56(64-57)44-22-28-48(29-23-44)59(6,7)8/h19-34,36-41H,9-18,35H2,1-8H3. The van der Waals surface area contributed by atoms with Crippen molar-refractivity contribution >= 4 is 0 Å². The van der Waals surface area contributed by atoms with Crippen molar-refractivity contribution in [3.63, 3.8) is 0 Å². The van der Waals surface area contributed by atoms with Crippen molar-refractivity contribution in [2.24, 2.45) is 0 Å². The van der Waals surface area contributed by atoms with E-state index in [1.807, 2.05) is 18.6 Å². The lowest BCUT2D eigenvalue weighted by Crippen LogP contribution is -2.27. The average molecular weight is 845 g/mol. The highest BCUT2D eigenvalue weighted by Crippen LogP contribution is 2.56. The fraction of sp³-hybridized carbons (Fsp3) is 0.367. The van der Waals surface area contributed by atoms with E-state index in [0.717, 1.165) is 52.2 Å². The summed E-state index contributed by atoms with van der Waals surface area (Å²) >= 11 is 0. The van der Waals surface area contributed by atoms with Crippen LogP contribution < -0.4 is 0 Å². The molecule has 0 amide bonds. The van der Waals surface area contributed by atoms with Gasteiger partial charge in [-0.2, -0.15) is 0 Å². The average Bonchev–Trinajstić information content (AvgIpc) is 3.58. The zero-order valence-electron chi connectivity index (χ0n) is 39.8. The van der Waals surface area contributed by atoms with Crippen LogP contribution in [-0.4, -0.2) is 19.9 Å². The fourth-order valence-corrected chi connectivity index (χ4v) is 9.73. The summed E-state index contributed by atoms with van der Waals surface area (Å²) in [6, 6.07) is 43.0. The summed E-state index contributed by atoms with van der Waals surface area (Å²) in [6.45, 7) is 18.1. The molecule has 64 heavy (non-hydrogen) atoms. The second kappa shape index (κ2) is 19.2. The topological polar surface area (TPSA) is 51.6 Å². The van der Waals surface area contributed by atoms with Crippen molar-refractivity contribution < 1.29 is 0 Å².